The molecule has 6 heteroatoms. The lowest BCUT2D eigenvalue weighted by atomic mass is 9.99. The lowest BCUT2D eigenvalue weighted by Gasteiger charge is -2.33. The van der Waals surface area contributed by atoms with Gasteiger partial charge in [0.15, 0.2) is 0 Å². The molecule has 0 spiro atoms. The van der Waals surface area contributed by atoms with Crippen LogP contribution in [0.25, 0.3) is 17.2 Å². The monoisotopic (exact) mass is 443 g/mol. The van der Waals surface area contributed by atoms with Gasteiger partial charge in [-0.05, 0) is 34.4 Å². The zero-order valence-corrected chi connectivity index (χ0v) is 18.6. The molecule has 0 N–H and O–H groups in total. The molecule has 1 aliphatic rings. The van der Waals surface area contributed by atoms with Crippen molar-refractivity contribution < 1.29 is 8.42 Å². The van der Waals surface area contributed by atoms with Gasteiger partial charge in [0.05, 0.1) is 11.6 Å². The maximum atomic E-state index is 12.6. The normalized spacial score (nSPS) is 15.6. The van der Waals surface area contributed by atoms with E-state index in [1.54, 1.807) is 10.4 Å². The molecule has 0 aliphatic carbocycles. The molecular formula is C26H25N3O2S. The van der Waals surface area contributed by atoms with E-state index < -0.39 is 10.0 Å². The largest absolute Gasteiger partial charge is 0.296 e. The van der Waals surface area contributed by atoms with E-state index in [1.807, 2.05) is 66.7 Å². The maximum Gasteiger partial charge on any atom is 0.236 e. The van der Waals surface area contributed by atoms with Crippen LogP contribution in [0.15, 0.2) is 84.3 Å². The van der Waals surface area contributed by atoms with Crippen LogP contribution in [0.1, 0.15) is 16.7 Å². The van der Waals surface area contributed by atoms with E-state index in [0.717, 1.165) is 23.2 Å². The summed E-state index contributed by atoms with van der Waals surface area (Å²) in [5, 5.41) is 10.6. The lowest BCUT2D eigenvalue weighted by molar-refractivity contribution is 0.182. The standard InChI is InChI=1S/C26H25N3O2S/c27-20-25-8-4-5-9-26(25)24-12-10-23(11-13-24)21-28-15-17-29(18-16-28)32(30,31)19-14-22-6-2-1-3-7-22/h1-14,19H,15-18,21H2/b19-14+. The second kappa shape index (κ2) is 9.92. The van der Waals surface area contributed by atoms with Gasteiger partial charge in [0.25, 0.3) is 0 Å². The van der Waals surface area contributed by atoms with Gasteiger partial charge in [-0.25, -0.2) is 8.42 Å². The number of piperazine rings is 1. The van der Waals surface area contributed by atoms with Crippen LogP contribution in [0.4, 0.5) is 0 Å². The number of hydrogen-bond acceptors (Lipinski definition) is 4. The summed E-state index contributed by atoms with van der Waals surface area (Å²) in [7, 11) is -3.42. The van der Waals surface area contributed by atoms with E-state index in [0.29, 0.717) is 31.7 Å². The van der Waals surface area contributed by atoms with Gasteiger partial charge in [0, 0.05) is 38.1 Å². The van der Waals surface area contributed by atoms with E-state index in [9.17, 15) is 13.7 Å². The summed E-state index contributed by atoms with van der Waals surface area (Å²) in [6.07, 6.45) is 1.65. The van der Waals surface area contributed by atoms with Gasteiger partial charge in [-0.3, -0.25) is 4.90 Å². The highest BCUT2D eigenvalue weighted by molar-refractivity contribution is 7.92. The minimum absolute atomic E-state index is 0.481. The number of sulfonamides is 1. The first-order valence-electron chi connectivity index (χ1n) is 10.6. The highest BCUT2D eigenvalue weighted by atomic mass is 32.2. The third-order valence-electron chi connectivity index (χ3n) is 5.64. The summed E-state index contributed by atoms with van der Waals surface area (Å²) in [6, 6.07) is 27.5. The third kappa shape index (κ3) is 5.32. The molecule has 0 saturated carbocycles. The molecule has 32 heavy (non-hydrogen) atoms. The second-order valence-electron chi connectivity index (χ2n) is 7.79. The molecular weight excluding hydrogens is 418 g/mol. The van der Waals surface area contributed by atoms with E-state index in [1.165, 1.54) is 11.0 Å². The Balaban J connectivity index is 1.34. The molecule has 1 saturated heterocycles. The van der Waals surface area contributed by atoms with Crippen LogP contribution in [0, 0.1) is 11.3 Å². The Morgan fingerprint density at radius 1 is 0.844 bits per heavy atom. The zero-order chi connectivity index (χ0) is 22.4. The molecule has 0 radical (unpaired) electrons. The molecule has 3 aromatic rings. The molecule has 5 nitrogen and oxygen atoms in total. The van der Waals surface area contributed by atoms with Crippen molar-refractivity contribution >= 4 is 16.1 Å². The van der Waals surface area contributed by atoms with Crippen molar-refractivity contribution in [2.24, 2.45) is 0 Å². The van der Waals surface area contributed by atoms with Crippen LogP contribution in [-0.4, -0.2) is 43.8 Å². The van der Waals surface area contributed by atoms with E-state index in [4.69, 9.17) is 0 Å². The van der Waals surface area contributed by atoms with Crippen molar-refractivity contribution in [3.8, 4) is 17.2 Å². The van der Waals surface area contributed by atoms with Crippen LogP contribution >= 0.6 is 0 Å². The molecule has 1 heterocycles. The van der Waals surface area contributed by atoms with Crippen LogP contribution in [0.5, 0.6) is 0 Å². The lowest BCUT2D eigenvalue weighted by Crippen LogP contribution is -2.47. The Bertz CT molecular complexity index is 1220. The second-order valence-corrected chi connectivity index (χ2v) is 9.61. The molecule has 0 bridgehead atoms. The zero-order valence-electron chi connectivity index (χ0n) is 17.8. The number of benzene rings is 3. The summed E-state index contributed by atoms with van der Waals surface area (Å²) in [5.41, 5.74) is 4.66. The highest BCUT2D eigenvalue weighted by Gasteiger charge is 2.25. The van der Waals surface area contributed by atoms with Gasteiger partial charge in [0.2, 0.25) is 10.0 Å². The minimum atomic E-state index is -3.42. The summed E-state index contributed by atoms with van der Waals surface area (Å²) in [6.45, 7) is 3.12. The summed E-state index contributed by atoms with van der Waals surface area (Å²) < 4.78 is 26.8. The van der Waals surface area contributed by atoms with Crippen molar-refractivity contribution in [2.75, 3.05) is 26.2 Å². The van der Waals surface area contributed by atoms with Crippen molar-refractivity contribution in [2.45, 2.75) is 6.54 Å². The fourth-order valence-corrected chi connectivity index (χ4v) is 5.01. The maximum absolute atomic E-state index is 12.6. The summed E-state index contributed by atoms with van der Waals surface area (Å²) >= 11 is 0. The smallest absolute Gasteiger partial charge is 0.236 e. The predicted molar refractivity (Wildman–Crippen MR) is 128 cm³/mol. The molecule has 0 atom stereocenters. The molecule has 162 valence electrons. The molecule has 3 aromatic carbocycles. The highest BCUT2D eigenvalue weighted by Crippen LogP contribution is 2.24. The summed E-state index contributed by atoms with van der Waals surface area (Å²) in [5.74, 6) is 0. The van der Waals surface area contributed by atoms with Gasteiger partial charge in [-0.1, -0.05) is 72.8 Å². The fourth-order valence-electron chi connectivity index (χ4n) is 3.84. The van der Waals surface area contributed by atoms with Crippen molar-refractivity contribution in [3.05, 3.63) is 101 Å². The van der Waals surface area contributed by atoms with Gasteiger partial charge >= 0.3 is 0 Å². The first-order chi connectivity index (χ1) is 15.5. The van der Waals surface area contributed by atoms with Crippen molar-refractivity contribution in [3.63, 3.8) is 0 Å². The minimum Gasteiger partial charge on any atom is -0.296 e. The van der Waals surface area contributed by atoms with E-state index in [-0.39, 0.29) is 0 Å². The number of nitrogens with zero attached hydrogens (tertiary/aromatic N) is 3. The van der Waals surface area contributed by atoms with Crippen molar-refractivity contribution in [1.82, 2.24) is 9.21 Å². The third-order valence-corrected chi connectivity index (χ3v) is 7.21. The topological polar surface area (TPSA) is 64.4 Å². The number of hydrogen-bond donors (Lipinski definition) is 0. The average Bonchev–Trinajstić information content (AvgIpc) is 2.84. The van der Waals surface area contributed by atoms with E-state index >= 15 is 0 Å². The molecule has 4 rings (SSSR count). The van der Waals surface area contributed by atoms with Crippen LogP contribution in [0.2, 0.25) is 0 Å². The van der Waals surface area contributed by atoms with Crippen LogP contribution in [0.3, 0.4) is 0 Å². The van der Waals surface area contributed by atoms with Gasteiger partial charge in [-0.2, -0.15) is 9.57 Å². The Morgan fingerprint density at radius 2 is 1.50 bits per heavy atom. The van der Waals surface area contributed by atoms with Crippen LogP contribution in [-0.2, 0) is 16.6 Å². The first kappa shape index (κ1) is 22.0. The summed E-state index contributed by atoms with van der Waals surface area (Å²) in [4.78, 5) is 2.27. The van der Waals surface area contributed by atoms with Crippen LogP contribution < -0.4 is 0 Å². The van der Waals surface area contributed by atoms with E-state index in [2.05, 4.69) is 23.1 Å². The van der Waals surface area contributed by atoms with Gasteiger partial charge in [-0.15, -0.1) is 0 Å². The predicted octanol–water partition coefficient (Wildman–Crippen LogP) is 4.34. The molecule has 1 fully saturated rings. The molecule has 0 unspecified atom stereocenters. The Labute approximate surface area is 189 Å². The number of nitriles is 1. The van der Waals surface area contributed by atoms with Crippen molar-refractivity contribution in [1.29, 1.82) is 5.26 Å². The van der Waals surface area contributed by atoms with Gasteiger partial charge < -0.3 is 0 Å². The molecule has 0 aromatic heterocycles. The molecule has 1 aliphatic heterocycles. The SMILES string of the molecule is N#Cc1ccccc1-c1ccc(CN2CCN(S(=O)(=O)/C=C/c3ccccc3)CC2)cc1. The fraction of sp³-hybridized carbons (Fsp3) is 0.192. The average molecular weight is 444 g/mol. The van der Waals surface area contributed by atoms with Gasteiger partial charge in [0.1, 0.15) is 0 Å². The number of rotatable bonds is 6. The Hall–Kier alpha value is -3.24. The molecule has 0 amide bonds. The quantitative estimate of drug-likeness (QED) is 0.568. The Morgan fingerprint density at radius 3 is 2.19 bits per heavy atom. The Kier molecular flexibility index (Phi) is 6.81. The first-order valence-corrected chi connectivity index (χ1v) is 12.1.